The van der Waals surface area contributed by atoms with Gasteiger partial charge in [-0.05, 0) is 18.4 Å². The van der Waals surface area contributed by atoms with Crippen LogP contribution in [0.4, 0.5) is 0 Å². The normalized spacial score (nSPS) is 16.8. The number of nitrogens with zero attached hydrogens (tertiary/aromatic N) is 2. The molecule has 0 aliphatic carbocycles. The second-order valence-corrected chi connectivity index (χ2v) is 5.51. The van der Waals surface area contributed by atoms with Crippen molar-refractivity contribution in [1.82, 2.24) is 9.80 Å². The second-order valence-electron chi connectivity index (χ2n) is 4.56. The number of thiophene rings is 1. The minimum atomic E-state index is 0.135. The van der Waals surface area contributed by atoms with E-state index in [2.05, 4.69) is 4.90 Å². The minimum absolute atomic E-state index is 0.135. The number of hydrogen-bond acceptors (Lipinski definition) is 4. The highest BCUT2D eigenvalue weighted by molar-refractivity contribution is 7.12. The van der Waals surface area contributed by atoms with Crippen molar-refractivity contribution in [2.75, 3.05) is 32.7 Å². The van der Waals surface area contributed by atoms with Gasteiger partial charge in [-0.25, -0.2) is 0 Å². The Hall–Kier alpha value is -1.20. The topological polar surface area (TPSA) is 40.6 Å². The molecule has 2 heterocycles. The Kier molecular flexibility index (Phi) is 4.49. The maximum atomic E-state index is 12.1. The summed E-state index contributed by atoms with van der Waals surface area (Å²) in [7, 11) is 0. The van der Waals surface area contributed by atoms with Crippen LogP contribution in [0.3, 0.4) is 0 Å². The van der Waals surface area contributed by atoms with E-state index in [0.29, 0.717) is 6.42 Å². The molecule has 0 N–H and O–H groups in total. The molecular formula is C13H18N2O2S. The first-order chi connectivity index (χ1) is 8.66. The van der Waals surface area contributed by atoms with Crippen LogP contribution in [-0.4, -0.2) is 54.2 Å². The number of carbonyl (C=O) groups excluding carboxylic acids is 2. The molecule has 1 aromatic heterocycles. The maximum absolute atomic E-state index is 12.1. The van der Waals surface area contributed by atoms with Crippen LogP contribution < -0.4 is 0 Å². The standard InChI is InChI=1S/C13H18N2O2S/c1-11(16)4-5-14-6-8-15(9-7-14)13(17)12-3-2-10-18-12/h2-3,10H,4-9H2,1H3. The third-order valence-corrected chi connectivity index (χ3v) is 4.03. The van der Waals surface area contributed by atoms with Crippen LogP contribution in [0.1, 0.15) is 23.0 Å². The zero-order valence-electron chi connectivity index (χ0n) is 10.6. The van der Waals surface area contributed by atoms with Gasteiger partial charge in [0.1, 0.15) is 5.78 Å². The summed E-state index contributed by atoms with van der Waals surface area (Å²) < 4.78 is 0. The van der Waals surface area contributed by atoms with Gasteiger partial charge in [0.05, 0.1) is 4.88 Å². The Morgan fingerprint density at radius 3 is 2.56 bits per heavy atom. The van der Waals surface area contributed by atoms with Crippen molar-refractivity contribution in [3.8, 4) is 0 Å². The zero-order chi connectivity index (χ0) is 13.0. The van der Waals surface area contributed by atoms with Gasteiger partial charge >= 0.3 is 0 Å². The van der Waals surface area contributed by atoms with Gasteiger partial charge in [0.25, 0.3) is 5.91 Å². The molecule has 1 aromatic rings. The predicted octanol–water partition coefficient (Wildman–Crippen LogP) is 1.48. The molecule has 1 aliphatic rings. The molecule has 0 spiro atoms. The fraction of sp³-hybridized carbons (Fsp3) is 0.538. The average molecular weight is 266 g/mol. The Labute approximate surface area is 111 Å². The van der Waals surface area contributed by atoms with Gasteiger partial charge < -0.3 is 4.90 Å². The fourth-order valence-corrected chi connectivity index (χ4v) is 2.74. The van der Waals surface area contributed by atoms with Gasteiger partial charge in [-0.15, -0.1) is 11.3 Å². The van der Waals surface area contributed by atoms with Crippen molar-refractivity contribution in [2.24, 2.45) is 0 Å². The molecule has 0 bridgehead atoms. The van der Waals surface area contributed by atoms with Gasteiger partial charge in [-0.3, -0.25) is 14.5 Å². The number of rotatable bonds is 4. The summed E-state index contributed by atoms with van der Waals surface area (Å²) in [5.41, 5.74) is 0. The summed E-state index contributed by atoms with van der Waals surface area (Å²) in [6.45, 7) is 5.69. The molecule has 1 aliphatic heterocycles. The summed E-state index contributed by atoms with van der Waals surface area (Å²) >= 11 is 1.49. The van der Waals surface area contributed by atoms with Gasteiger partial charge in [0.2, 0.25) is 0 Å². The first kappa shape index (κ1) is 13.2. The van der Waals surface area contributed by atoms with E-state index in [4.69, 9.17) is 0 Å². The number of piperazine rings is 1. The third kappa shape index (κ3) is 3.40. The molecule has 18 heavy (non-hydrogen) atoms. The molecule has 0 atom stereocenters. The molecule has 0 unspecified atom stereocenters. The zero-order valence-corrected chi connectivity index (χ0v) is 11.4. The van der Waals surface area contributed by atoms with Crippen LogP contribution in [0.2, 0.25) is 0 Å². The molecule has 4 nitrogen and oxygen atoms in total. The molecule has 1 amide bonds. The van der Waals surface area contributed by atoms with E-state index in [9.17, 15) is 9.59 Å². The lowest BCUT2D eigenvalue weighted by Crippen LogP contribution is -2.48. The Bertz CT molecular complexity index is 409. The molecule has 0 aromatic carbocycles. The van der Waals surface area contributed by atoms with Crippen molar-refractivity contribution >= 4 is 23.0 Å². The largest absolute Gasteiger partial charge is 0.335 e. The van der Waals surface area contributed by atoms with Crippen LogP contribution in [0, 0.1) is 0 Å². The number of ketones is 1. The molecule has 5 heteroatoms. The number of Topliss-reactive ketones (excluding diaryl/α,β-unsaturated/α-hetero) is 1. The van der Waals surface area contributed by atoms with Crippen LogP contribution in [0.25, 0.3) is 0 Å². The first-order valence-corrected chi connectivity index (χ1v) is 7.09. The molecule has 1 saturated heterocycles. The van der Waals surface area contributed by atoms with Gasteiger partial charge in [-0.1, -0.05) is 6.07 Å². The van der Waals surface area contributed by atoms with Crippen molar-refractivity contribution in [3.05, 3.63) is 22.4 Å². The molecule has 0 radical (unpaired) electrons. The van der Waals surface area contributed by atoms with Crippen LogP contribution in [0.5, 0.6) is 0 Å². The van der Waals surface area contributed by atoms with Crippen LogP contribution in [0.15, 0.2) is 17.5 Å². The van der Waals surface area contributed by atoms with Crippen LogP contribution in [-0.2, 0) is 4.79 Å². The highest BCUT2D eigenvalue weighted by atomic mass is 32.1. The van der Waals surface area contributed by atoms with Crippen LogP contribution >= 0.6 is 11.3 Å². The summed E-state index contributed by atoms with van der Waals surface area (Å²) in [6.07, 6.45) is 0.610. The molecular weight excluding hydrogens is 248 g/mol. The first-order valence-electron chi connectivity index (χ1n) is 6.21. The summed E-state index contributed by atoms with van der Waals surface area (Å²) in [5.74, 6) is 0.364. The van der Waals surface area contributed by atoms with Gasteiger partial charge in [-0.2, -0.15) is 0 Å². The summed E-state index contributed by atoms with van der Waals surface area (Å²) in [6, 6.07) is 3.77. The van der Waals surface area contributed by atoms with E-state index in [-0.39, 0.29) is 11.7 Å². The number of hydrogen-bond donors (Lipinski definition) is 0. The summed E-state index contributed by atoms with van der Waals surface area (Å²) in [4.78, 5) is 28.0. The van der Waals surface area contributed by atoms with Gasteiger partial charge in [0.15, 0.2) is 0 Å². The lowest BCUT2D eigenvalue weighted by Gasteiger charge is -2.34. The number of carbonyl (C=O) groups is 2. The number of amides is 1. The summed E-state index contributed by atoms with van der Waals surface area (Å²) in [5, 5.41) is 1.93. The highest BCUT2D eigenvalue weighted by Gasteiger charge is 2.22. The highest BCUT2D eigenvalue weighted by Crippen LogP contribution is 2.13. The second kappa shape index (κ2) is 6.11. The predicted molar refractivity (Wildman–Crippen MR) is 72.0 cm³/mol. The SMILES string of the molecule is CC(=O)CCN1CCN(C(=O)c2cccs2)CC1. The maximum Gasteiger partial charge on any atom is 0.264 e. The van der Waals surface area contributed by atoms with E-state index >= 15 is 0 Å². The molecule has 98 valence electrons. The van der Waals surface area contributed by atoms with E-state index in [1.54, 1.807) is 6.92 Å². The lowest BCUT2D eigenvalue weighted by atomic mass is 10.2. The third-order valence-electron chi connectivity index (χ3n) is 3.17. The Balaban J connectivity index is 1.80. The Morgan fingerprint density at radius 2 is 2.00 bits per heavy atom. The fourth-order valence-electron chi connectivity index (χ4n) is 2.05. The quantitative estimate of drug-likeness (QED) is 0.829. The van der Waals surface area contributed by atoms with E-state index in [1.807, 2.05) is 22.4 Å². The minimum Gasteiger partial charge on any atom is -0.335 e. The Morgan fingerprint density at radius 1 is 1.28 bits per heavy atom. The van der Waals surface area contributed by atoms with Crippen molar-refractivity contribution in [3.63, 3.8) is 0 Å². The van der Waals surface area contributed by atoms with Crippen molar-refractivity contribution in [2.45, 2.75) is 13.3 Å². The average Bonchev–Trinajstić information content (AvgIpc) is 2.90. The molecule has 1 fully saturated rings. The van der Waals surface area contributed by atoms with Crippen molar-refractivity contribution in [1.29, 1.82) is 0 Å². The van der Waals surface area contributed by atoms with Crippen molar-refractivity contribution < 1.29 is 9.59 Å². The van der Waals surface area contributed by atoms with E-state index < -0.39 is 0 Å². The molecule has 2 rings (SSSR count). The van der Waals surface area contributed by atoms with E-state index in [0.717, 1.165) is 37.6 Å². The lowest BCUT2D eigenvalue weighted by molar-refractivity contribution is -0.117. The van der Waals surface area contributed by atoms with E-state index in [1.165, 1.54) is 11.3 Å². The monoisotopic (exact) mass is 266 g/mol. The van der Waals surface area contributed by atoms with Gasteiger partial charge in [0, 0.05) is 39.1 Å². The smallest absolute Gasteiger partial charge is 0.264 e. The molecule has 0 saturated carbocycles.